The molecule has 0 aliphatic heterocycles. The van der Waals surface area contributed by atoms with Crippen molar-refractivity contribution < 1.29 is 17.6 Å². The fourth-order valence-corrected chi connectivity index (χ4v) is 0.933. The van der Waals surface area contributed by atoms with Crippen molar-refractivity contribution in [3.63, 3.8) is 0 Å². The molecule has 70 valence electrons. The highest BCUT2D eigenvalue weighted by Crippen LogP contribution is 2.34. The van der Waals surface area contributed by atoms with E-state index in [-0.39, 0.29) is 11.6 Å². The summed E-state index contributed by atoms with van der Waals surface area (Å²) >= 11 is 5.25. The second-order valence-corrected chi connectivity index (χ2v) is 2.47. The molecule has 0 N–H and O–H groups in total. The molecule has 6 heteroatoms. The maximum atomic E-state index is 12.1. The highest BCUT2D eigenvalue weighted by Gasteiger charge is 2.38. The molecule has 1 aromatic rings. The topological polar surface area (TPSA) is 36.9 Å². The van der Waals surface area contributed by atoms with Gasteiger partial charge >= 0.3 is 6.18 Å². The minimum absolute atomic E-state index is 0.0643. The van der Waals surface area contributed by atoms with E-state index in [2.05, 4.69) is 4.42 Å². The Morgan fingerprint density at radius 3 is 2.46 bits per heavy atom. The Balaban J connectivity index is 3.21. The molecule has 13 heavy (non-hydrogen) atoms. The molecule has 0 aromatic carbocycles. The van der Waals surface area contributed by atoms with E-state index in [0.29, 0.717) is 0 Å². The van der Waals surface area contributed by atoms with Gasteiger partial charge in [0.25, 0.3) is 0 Å². The summed E-state index contributed by atoms with van der Waals surface area (Å²) in [6.07, 6.45) is -4.64. The summed E-state index contributed by atoms with van der Waals surface area (Å²) in [6.45, 7) is 0. The standard InChI is InChI=1S/C7H3ClF3NO/c8-2-5-1-4(3-12)6(13-5)7(9,10)11/h1H,2H2. The molecule has 0 aliphatic rings. The van der Waals surface area contributed by atoms with Crippen LogP contribution in [0.1, 0.15) is 17.1 Å². The molecule has 0 saturated heterocycles. The average molecular weight is 210 g/mol. The quantitative estimate of drug-likeness (QED) is 0.667. The summed E-state index contributed by atoms with van der Waals surface area (Å²) in [4.78, 5) is 0. The van der Waals surface area contributed by atoms with Crippen molar-refractivity contribution in [2.45, 2.75) is 12.1 Å². The molecule has 0 radical (unpaired) electrons. The van der Waals surface area contributed by atoms with Gasteiger partial charge in [-0.2, -0.15) is 18.4 Å². The minimum atomic E-state index is -4.64. The Morgan fingerprint density at radius 1 is 1.54 bits per heavy atom. The number of nitrogens with zero attached hydrogens (tertiary/aromatic N) is 1. The van der Waals surface area contributed by atoms with E-state index in [1.54, 1.807) is 0 Å². The first-order valence-electron chi connectivity index (χ1n) is 3.15. The smallest absolute Gasteiger partial charge is 0.450 e. The van der Waals surface area contributed by atoms with Crippen molar-refractivity contribution in [2.24, 2.45) is 0 Å². The molecule has 0 unspecified atom stereocenters. The number of hydrogen-bond acceptors (Lipinski definition) is 2. The predicted octanol–water partition coefficient (Wildman–Crippen LogP) is 2.91. The Morgan fingerprint density at radius 2 is 2.15 bits per heavy atom. The van der Waals surface area contributed by atoms with Crippen LogP contribution in [0.4, 0.5) is 13.2 Å². The summed E-state index contributed by atoms with van der Waals surface area (Å²) < 4.78 is 40.6. The molecule has 0 spiro atoms. The van der Waals surface area contributed by atoms with Gasteiger partial charge in [0.15, 0.2) is 0 Å². The van der Waals surface area contributed by atoms with Gasteiger partial charge in [0.1, 0.15) is 17.4 Å². The molecule has 0 bridgehead atoms. The molecule has 1 aromatic heterocycles. The summed E-state index contributed by atoms with van der Waals surface area (Å²) in [5.41, 5.74) is -0.539. The lowest BCUT2D eigenvalue weighted by atomic mass is 10.2. The number of furan rings is 1. The van der Waals surface area contributed by atoms with Crippen LogP contribution in [0.25, 0.3) is 0 Å². The van der Waals surface area contributed by atoms with Crippen molar-refractivity contribution >= 4 is 11.6 Å². The number of alkyl halides is 4. The molecule has 1 rings (SSSR count). The molecular formula is C7H3ClF3NO. The van der Waals surface area contributed by atoms with Crippen LogP contribution in [0.15, 0.2) is 10.5 Å². The summed E-state index contributed by atoms with van der Waals surface area (Å²) in [7, 11) is 0. The molecule has 2 nitrogen and oxygen atoms in total. The van der Waals surface area contributed by atoms with Crippen LogP contribution in [-0.2, 0) is 12.1 Å². The second-order valence-electron chi connectivity index (χ2n) is 2.20. The zero-order chi connectivity index (χ0) is 10.1. The first kappa shape index (κ1) is 9.93. The maximum Gasteiger partial charge on any atom is 0.450 e. The van der Waals surface area contributed by atoms with Crippen LogP contribution in [0, 0.1) is 11.3 Å². The van der Waals surface area contributed by atoms with Gasteiger partial charge in [-0.25, -0.2) is 0 Å². The van der Waals surface area contributed by atoms with Gasteiger partial charge in [-0.15, -0.1) is 11.6 Å². The van der Waals surface area contributed by atoms with Gasteiger partial charge in [0.05, 0.1) is 5.88 Å². The fourth-order valence-electron chi connectivity index (χ4n) is 0.802. The third-order valence-corrected chi connectivity index (χ3v) is 1.56. The van der Waals surface area contributed by atoms with Crippen LogP contribution >= 0.6 is 11.6 Å². The van der Waals surface area contributed by atoms with Crippen molar-refractivity contribution in [3.05, 3.63) is 23.2 Å². The summed E-state index contributed by atoms with van der Waals surface area (Å²) in [6, 6.07) is 2.37. The first-order valence-corrected chi connectivity index (χ1v) is 3.68. The Labute approximate surface area is 76.5 Å². The average Bonchev–Trinajstić information content (AvgIpc) is 2.46. The third-order valence-electron chi connectivity index (χ3n) is 1.29. The van der Waals surface area contributed by atoms with Gasteiger partial charge in [-0.05, 0) is 6.07 Å². The van der Waals surface area contributed by atoms with Crippen molar-refractivity contribution in [1.82, 2.24) is 0 Å². The van der Waals surface area contributed by atoms with Crippen LogP contribution in [0.2, 0.25) is 0 Å². The van der Waals surface area contributed by atoms with Gasteiger partial charge in [0, 0.05) is 0 Å². The zero-order valence-electron chi connectivity index (χ0n) is 6.15. The Bertz CT molecular complexity index is 350. The maximum absolute atomic E-state index is 12.1. The van der Waals surface area contributed by atoms with Gasteiger partial charge in [0.2, 0.25) is 5.76 Å². The number of halogens is 4. The zero-order valence-corrected chi connectivity index (χ0v) is 6.91. The Hall–Kier alpha value is -1.15. The minimum Gasteiger partial charge on any atom is -0.454 e. The monoisotopic (exact) mass is 209 g/mol. The predicted molar refractivity (Wildman–Crippen MR) is 38.0 cm³/mol. The Kier molecular flexibility index (Phi) is 2.52. The number of rotatable bonds is 1. The van der Waals surface area contributed by atoms with E-state index in [9.17, 15) is 13.2 Å². The van der Waals surface area contributed by atoms with Gasteiger partial charge in [-0.1, -0.05) is 0 Å². The number of hydrogen-bond donors (Lipinski definition) is 0. The van der Waals surface area contributed by atoms with E-state index in [1.165, 1.54) is 6.07 Å². The molecule has 0 saturated carbocycles. The highest BCUT2D eigenvalue weighted by atomic mass is 35.5. The molecular weight excluding hydrogens is 207 g/mol. The van der Waals surface area contributed by atoms with E-state index in [0.717, 1.165) is 6.07 Å². The van der Waals surface area contributed by atoms with Crippen LogP contribution in [0.5, 0.6) is 0 Å². The van der Waals surface area contributed by atoms with Crippen molar-refractivity contribution in [3.8, 4) is 6.07 Å². The van der Waals surface area contributed by atoms with E-state index in [1.807, 2.05) is 0 Å². The van der Waals surface area contributed by atoms with Crippen LogP contribution in [0.3, 0.4) is 0 Å². The molecule has 0 aliphatic carbocycles. The molecule has 0 fully saturated rings. The SMILES string of the molecule is N#Cc1cc(CCl)oc1C(F)(F)F. The van der Waals surface area contributed by atoms with E-state index in [4.69, 9.17) is 16.9 Å². The van der Waals surface area contributed by atoms with Gasteiger partial charge in [-0.3, -0.25) is 0 Å². The summed E-state index contributed by atoms with van der Waals surface area (Å²) in [5.74, 6) is -1.54. The lowest BCUT2D eigenvalue weighted by Crippen LogP contribution is -2.04. The van der Waals surface area contributed by atoms with Crippen LogP contribution < -0.4 is 0 Å². The lowest BCUT2D eigenvalue weighted by molar-refractivity contribution is -0.153. The van der Waals surface area contributed by atoms with E-state index < -0.39 is 17.5 Å². The fraction of sp³-hybridized carbons (Fsp3) is 0.286. The molecule has 0 atom stereocenters. The lowest BCUT2D eigenvalue weighted by Gasteiger charge is -2.01. The van der Waals surface area contributed by atoms with Gasteiger partial charge < -0.3 is 4.42 Å². The normalized spacial score (nSPS) is 11.3. The van der Waals surface area contributed by atoms with E-state index >= 15 is 0 Å². The third kappa shape index (κ3) is 1.95. The summed E-state index contributed by atoms with van der Waals surface area (Å²) in [5, 5.41) is 8.34. The van der Waals surface area contributed by atoms with Crippen LogP contribution in [-0.4, -0.2) is 0 Å². The first-order chi connectivity index (χ1) is 5.99. The molecule has 1 heterocycles. The largest absolute Gasteiger partial charge is 0.454 e. The second kappa shape index (κ2) is 3.30. The molecule has 0 amide bonds. The van der Waals surface area contributed by atoms with Crippen molar-refractivity contribution in [2.75, 3.05) is 0 Å². The highest BCUT2D eigenvalue weighted by molar-refractivity contribution is 6.16. The van der Waals surface area contributed by atoms with Crippen molar-refractivity contribution in [1.29, 1.82) is 5.26 Å². The number of nitriles is 1.